The first-order valence-electron chi connectivity index (χ1n) is 8.72. The van der Waals surface area contributed by atoms with Crippen LogP contribution in [0.2, 0.25) is 0 Å². The molecule has 0 radical (unpaired) electrons. The van der Waals surface area contributed by atoms with E-state index in [2.05, 4.69) is 10.6 Å². The number of anilines is 3. The Morgan fingerprint density at radius 3 is 2.23 bits per heavy atom. The topological polar surface area (TPSA) is 122 Å². The Labute approximate surface area is 171 Å². The second-order valence-corrected chi connectivity index (χ2v) is 8.62. The van der Waals surface area contributed by atoms with E-state index in [1.807, 2.05) is 0 Å². The van der Waals surface area contributed by atoms with Gasteiger partial charge in [0.15, 0.2) is 16.4 Å². The number of likely N-dealkylation sites (N-methyl/N-ethyl adjacent to an activating group) is 1. The highest BCUT2D eigenvalue weighted by molar-refractivity contribution is 7.92. The maximum atomic E-state index is 12.9. The van der Waals surface area contributed by atoms with Crippen molar-refractivity contribution < 1.29 is 31.9 Å². The number of ether oxygens (including phenoxy) is 1. The molecule has 30 heavy (non-hydrogen) atoms. The summed E-state index contributed by atoms with van der Waals surface area (Å²) in [5, 5.41) is 4.75. The summed E-state index contributed by atoms with van der Waals surface area (Å²) in [5.41, 5.74) is 0.941. The van der Waals surface area contributed by atoms with Crippen LogP contribution in [0.1, 0.15) is 0 Å². The van der Waals surface area contributed by atoms with E-state index in [4.69, 9.17) is 4.74 Å². The number of nitrogens with one attached hydrogen (secondary N) is 2. The van der Waals surface area contributed by atoms with Crippen molar-refractivity contribution >= 4 is 44.6 Å². The van der Waals surface area contributed by atoms with Gasteiger partial charge in [0.2, 0.25) is 11.8 Å². The summed E-state index contributed by atoms with van der Waals surface area (Å²) in [6.07, 6.45) is 0. The number of sulfone groups is 1. The molecule has 0 aromatic heterocycles. The van der Waals surface area contributed by atoms with Gasteiger partial charge in [-0.3, -0.25) is 14.4 Å². The monoisotopic (exact) mass is 435 g/mol. The van der Waals surface area contributed by atoms with Crippen LogP contribution in [0.15, 0.2) is 42.5 Å². The third-order valence-electron chi connectivity index (χ3n) is 4.16. The van der Waals surface area contributed by atoms with Gasteiger partial charge in [0.1, 0.15) is 23.1 Å². The van der Waals surface area contributed by atoms with Gasteiger partial charge >= 0.3 is 0 Å². The Hall–Kier alpha value is -3.47. The molecule has 0 fully saturated rings. The summed E-state index contributed by atoms with van der Waals surface area (Å²) in [7, 11) is -2.50. The molecule has 2 N–H and O–H groups in total. The van der Waals surface area contributed by atoms with Crippen molar-refractivity contribution in [1.82, 2.24) is 0 Å². The van der Waals surface area contributed by atoms with Gasteiger partial charge in [-0.2, -0.15) is 0 Å². The molecule has 11 heteroatoms. The molecule has 1 heterocycles. The van der Waals surface area contributed by atoms with Gasteiger partial charge in [-0.1, -0.05) is 0 Å². The maximum Gasteiger partial charge on any atom is 0.264 e. The standard InChI is InChI=1S/C19H18FN3O6S/c1-23-15-8-14(6-7-16(15)29-9-19(23)26)22-18(25)11-30(27,28)10-17(24)21-13-4-2-12(20)3-5-13/h2-8H,9-11H2,1H3,(H,21,24)(H,22,25). The summed E-state index contributed by atoms with van der Waals surface area (Å²) in [6, 6.07) is 9.35. The molecule has 2 aromatic rings. The lowest BCUT2D eigenvalue weighted by Crippen LogP contribution is -2.35. The van der Waals surface area contributed by atoms with Crippen molar-refractivity contribution in [3.8, 4) is 5.75 Å². The number of hydrogen-bond acceptors (Lipinski definition) is 6. The van der Waals surface area contributed by atoms with Crippen molar-refractivity contribution in [2.75, 3.05) is 40.7 Å². The lowest BCUT2D eigenvalue weighted by Gasteiger charge is -2.26. The van der Waals surface area contributed by atoms with Crippen molar-refractivity contribution in [2.24, 2.45) is 0 Å². The molecule has 0 unspecified atom stereocenters. The first-order chi connectivity index (χ1) is 14.1. The lowest BCUT2D eigenvalue weighted by atomic mass is 10.2. The molecule has 0 atom stereocenters. The van der Waals surface area contributed by atoms with Crippen LogP contribution < -0.4 is 20.3 Å². The molecule has 1 aliphatic rings. The summed E-state index contributed by atoms with van der Waals surface area (Å²) in [5.74, 6) is -3.81. The second-order valence-electron chi connectivity index (χ2n) is 6.56. The number of rotatable bonds is 6. The minimum absolute atomic E-state index is 0.0898. The minimum atomic E-state index is -4.05. The fourth-order valence-corrected chi connectivity index (χ4v) is 3.77. The van der Waals surface area contributed by atoms with Crippen LogP contribution in [0, 0.1) is 5.82 Å². The Morgan fingerprint density at radius 1 is 1.03 bits per heavy atom. The van der Waals surface area contributed by atoms with Crippen LogP contribution >= 0.6 is 0 Å². The number of halogens is 1. The fourth-order valence-electron chi connectivity index (χ4n) is 2.73. The van der Waals surface area contributed by atoms with E-state index in [0.717, 1.165) is 12.1 Å². The predicted octanol–water partition coefficient (Wildman–Crippen LogP) is 1.17. The van der Waals surface area contributed by atoms with Crippen molar-refractivity contribution in [3.63, 3.8) is 0 Å². The van der Waals surface area contributed by atoms with E-state index in [0.29, 0.717) is 11.4 Å². The first kappa shape index (κ1) is 21.2. The zero-order valence-electron chi connectivity index (χ0n) is 15.8. The van der Waals surface area contributed by atoms with E-state index in [9.17, 15) is 27.2 Å². The number of hydrogen-bond donors (Lipinski definition) is 2. The molecule has 2 aromatic carbocycles. The van der Waals surface area contributed by atoms with Gasteiger partial charge < -0.3 is 20.3 Å². The van der Waals surface area contributed by atoms with E-state index >= 15 is 0 Å². The van der Waals surface area contributed by atoms with Gasteiger partial charge in [0.05, 0.1) is 5.69 Å². The minimum Gasteiger partial charge on any atom is -0.482 e. The Balaban J connectivity index is 1.59. The van der Waals surface area contributed by atoms with Crippen molar-refractivity contribution in [1.29, 1.82) is 0 Å². The highest BCUT2D eigenvalue weighted by atomic mass is 32.2. The van der Waals surface area contributed by atoms with Gasteiger partial charge in [-0.05, 0) is 42.5 Å². The van der Waals surface area contributed by atoms with Crippen molar-refractivity contribution in [3.05, 3.63) is 48.3 Å². The number of amides is 3. The van der Waals surface area contributed by atoms with E-state index in [-0.39, 0.29) is 23.9 Å². The SMILES string of the molecule is CN1C(=O)COc2ccc(NC(=O)CS(=O)(=O)CC(=O)Nc3ccc(F)cc3)cc21. The summed E-state index contributed by atoms with van der Waals surface area (Å²) in [6.45, 7) is -0.0898. The quantitative estimate of drug-likeness (QED) is 0.703. The van der Waals surface area contributed by atoms with Gasteiger partial charge in [-0.25, -0.2) is 12.8 Å². The molecule has 3 amide bonds. The van der Waals surface area contributed by atoms with Crippen LogP contribution in [-0.4, -0.2) is 51.3 Å². The predicted molar refractivity (Wildman–Crippen MR) is 108 cm³/mol. The van der Waals surface area contributed by atoms with Gasteiger partial charge in [-0.15, -0.1) is 0 Å². The molecule has 0 saturated carbocycles. The highest BCUT2D eigenvalue weighted by Gasteiger charge is 2.24. The van der Waals surface area contributed by atoms with Gasteiger partial charge in [0.25, 0.3) is 5.91 Å². The molecular weight excluding hydrogens is 417 g/mol. The second kappa shape index (κ2) is 8.49. The van der Waals surface area contributed by atoms with E-state index in [1.54, 1.807) is 13.1 Å². The largest absolute Gasteiger partial charge is 0.482 e. The lowest BCUT2D eigenvalue weighted by molar-refractivity contribution is -0.121. The third kappa shape index (κ3) is 5.32. The summed E-state index contributed by atoms with van der Waals surface area (Å²) >= 11 is 0. The van der Waals surface area contributed by atoms with E-state index in [1.165, 1.54) is 29.2 Å². The Bertz CT molecular complexity index is 1100. The molecule has 9 nitrogen and oxygen atoms in total. The number of carbonyl (C=O) groups excluding carboxylic acids is 3. The van der Waals surface area contributed by atoms with Crippen molar-refractivity contribution in [2.45, 2.75) is 0 Å². The number of nitrogens with zero attached hydrogens (tertiary/aromatic N) is 1. The molecule has 0 saturated heterocycles. The van der Waals surface area contributed by atoms with E-state index < -0.39 is 39.0 Å². The zero-order valence-corrected chi connectivity index (χ0v) is 16.7. The van der Waals surface area contributed by atoms with Crippen LogP contribution in [0.4, 0.5) is 21.5 Å². The molecule has 0 aliphatic carbocycles. The highest BCUT2D eigenvalue weighted by Crippen LogP contribution is 2.33. The molecule has 3 rings (SSSR count). The average Bonchev–Trinajstić information content (AvgIpc) is 2.66. The van der Waals surface area contributed by atoms with Crippen LogP contribution in [0.5, 0.6) is 5.75 Å². The Morgan fingerprint density at radius 2 is 1.60 bits per heavy atom. The Kier molecular flexibility index (Phi) is 6.01. The first-order valence-corrected chi connectivity index (χ1v) is 10.5. The molecule has 0 spiro atoms. The number of benzene rings is 2. The smallest absolute Gasteiger partial charge is 0.264 e. The van der Waals surface area contributed by atoms with Crippen LogP contribution in [0.3, 0.4) is 0 Å². The maximum absolute atomic E-state index is 12.9. The van der Waals surface area contributed by atoms with Crippen LogP contribution in [0.25, 0.3) is 0 Å². The molecule has 1 aliphatic heterocycles. The fraction of sp³-hybridized carbons (Fsp3) is 0.211. The molecule has 158 valence electrons. The summed E-state index contributed by atoms with van der Waals surface area (Å²) < 4.78 is 42.5. The average molecular weight is 435 g/mol. The normalized spacial score (nSPS) is 13.3. The molecule has 0 bridgehead atoms. The van der Waals surface area contributed by atoms with Crippen LogP contribution in [-0.2, 0) is 24.2 Å². The zero-order chi connectivity index (χ0) is 21.9. The third-order valence-corrected chi connectivity index (χ3v) is 5.56. The summed E-state index contributed by atoms with van der Waals surface area (Å²) in [4.78, 5) is 37.1. The van der Waals surface area contributed by atoms with Gasteiger partial charge in [0, 0.05) is 18.4 Å². The number of carbonyl (C=O) groups is 3. The molecular formula is C19H18FN3O6S. The number of fused-ring (bicyclic) bond motifs is 1.